The lowest BCUT2D eigenvalue weighted by Crippen LogP contribution is -2.58. The molecule has 154 valence electrons. The zero-order valence-electron chi connectivity index (χ0n) is 17.4. The predicted molar refractivity (Wildman–Crippen MR) is 105 cm³/mol. The Morgan fingerprint density at radius 3 is 2.18 bits per heavy atom. The molecule has 3 nitrogen and oxygen atoms in total. The van der Waals surface area contributed by atoms with Crippen LogP contribution >= 0.6 is 0 Å². The van der Waals surface area contributed by atoms with Crippen LogP contribution in [0.2, 0.25) is 0 Å². The minimum absolute atomic E-state index is 0.109. The summed E-state index contributed by atoms with van der Waals surface area (Å²) in [5.74, 6) is 8.63. The third-order valence-corrected chi connectivity index (χ3v) is 11.6. The summed E-state index contributed by atoms with van der Waals surface area (Å²) in [6.45, 7) is 4.97. The number of aliphatic hydroxyl groups is 1. The molecule has 11 atom stereocenters. The maximum Gasteiger partial charge on any atom is 0.309 e. The molecule has 8 saturated carbocycles. The molecule has 8 aliphatic rings. The molecule has 0 radical (unpaired) electrons. The van der Waals surface area contributed by atoms with Crippen LogP contribution in [0.15, 0.2) is 0 Å². The summed E-state index contributed by atoms with van der Waals surface area (Å²) in [6.07, 6.45) is 9.07. The van der Waals surface area contributed by atoms with Gasteiger partial charge in [-0.15, -0.1) is 0 Å². The molecule has 8 aliphatic carbocycles. The molecule has 0 saturated heterocycles. The Labute approximate surface area is 169 Å². The Kier molecular flexibility index (Phi) is 3.29. The lowest BCUT2D eigenvalue weighted by molar-refractivity contribution is -0.203. The first kappa shape index (κ1) is 17.1. The summed E-state index contributed by atoms with van der Waals surface area (Å²) in [5, 5.41) is 10.8. The van der Waals surface area contributed by atoms with Crippen LogP contribution in [0.1, 0.15) is 65.2 Å². The van der Waals surface area contributed by atoms with Gasteiger partial charge < -0.3 is 9.84 Å². The molecule has 0 amide bonds. The molecule has 0 aromatic heterocycles. The van der Waals surface area contributed by atoms with E-state index in [-0.39, 0.29) is 18.0 Å². The van der Waals surface area contributed by atoms with Crippen molar-refractivity contribution in [2.24, 2.45) is 71.0 Å². The van der Waals surface area contributed by atoms with Gasteiger partial charge in [-0.3, -0.25) is 4.79 Å². The van der Waals surface area contributed by atoms with E-state index in [2.05, 4.69) is 13.8 Å². The highest BCUT2D eigenvalue weighted by molar-refractivity contribution is 5.74. The van der Waals surface area contributed by atoms with E-state index in [0.29, 0.717) is 23.7 Å². The van der Waals surface area contributed by atoms with Crippen molar-refractivity contribution in [1.29, 1.82) is 0 Å². The van der Waals surface area contributed by atoms with Gasteiger partial charge >= 0.3 is 5.97 Å². The number of hydrogen-bond donors (Lipinski definition) is 1. The van der Waals surface area contributed by atoms with Gasteiger partial charge in [-0.2, -0.15) is 0 Å². The summed E-state index contributed by atoms with van der Waals surface area (Å²) >= 11 is 0. The largest absolute Gasteiger partial charge is 0.462 e. The van der Waals surface area contributed by atoms with Gasteiger partial charge in [0.05, 0.1) is 11.5 Å². The molecular weight excluding hydrogens is 348 g/mol. The number of carbonyl (C=O) groups is 1. The first-order valence-corrected chi connectivity index (χ1v) is 12.3. The Balaban J connectivity index is 1.09. The lowest BCUT2D eigenvalue weighted by atomic mass is 9.53. The van der Waals surface area contributed by atoms with E-state index in [4.69, 9.17) is 4.74 Å². The number of esters is 1. The fourth-order valence-electron chi connectivity index (χ4n) is 10.8. The summed E-state index contributed by atoms with van der Waals surface area (Å²) in [6, 6.07) is 0. The summed E-state index contributed by atoms with van der Waals surface area (Å²) in [4.78, 5) is 13.4. The second-order valence-corrected chi connectivity index (χ2v) is 12.5. The van der Waals surface area contributed by atoms with Crippen LogP contribution in [0.3, 0.4) is 0 Å². The van der Waals surface area contributed by atoms with Crippen LogP contribution in [-0.2, 0) is 9.53 Å². The zero-order chi connectivity index (χ0) is 18.9. The summed E-state index contributed by atoms with van der Waals surface area (Å²) in [7, 11) is 0. The van der Waals surface area contributed by atoms with Crippen LogP contribution in [-0.4, -0.2) is 22.8 Å². The maximum absolute atomic E-state index is 13.4. The van der Waals surface area contributed by atoms with Gasteiger partial charge in [-0.05, 0) is 116 Å². The Morgan fingerprint density at radius 2 is 1.50 bits per heavy atom. The molecule has 0 heterocycles. The van der Waals surface area contributed by atoms with E-state index in [1.54, 1.807) is 0 Å². The first-order chi connectivity index (χ1) is 13.4. The smallest absolute Gasteiger partial charge is 0.309 e. The van der Waals surface area contributed by atoms with Gasteiger partial charge in [0.1, 0.15) is 6.10 Å². The molecule has 0 aromatic carbocycles. The van der Waals surface area contributed by atoms with E-state index < -0.39 is 5.60 Å². The van der Waals surface area contributed by atoms with E-state index in [0.717, 1.165) is 67.1 Å². The van der Waals surface area contributed by atoms with Crippen molar-refractivity contribution in [2.75, 3.05) is 0 Å². The fourth-order valence-corrected chi connectivity index (χ4v) is 10.8. The van der Waals surface area contributed by atoms with Gasteiger partial charge in [0.2, 0.25) is 0 Å². The van der Waals surface area contributed by atoms with Crippen molar-refractivity contribution in [1.82, 2.24) is 0 Å². The molecule has 11 unspecified atom stereocenters. The zero-order valence-corrected chi connectivity index (χ0v) is 17.4. The molecule has 0 aliphatic heterocycles. The molecule has 3 heteroatoms. The van der Waals surface area contributed by atoms with Crippen molar-refractivity contribution >= 4 is 5.97 Å². The molecular formula is C25H36O3. The van der Waals surface area contributed by atoms with E-state index in [1.165, 1.54) is 25.7 Å². The molecule has 8 rings (SSSR count). The summed E-state index contributed by atoms with van der Waals surface area (Å²) < 4.78 is 6.34. The minimum Gasteiger partial charge on any atom is -0.462 e. The highest BCUT2D eigenvalue weighted by Crippen LogP contribution is 2.71. The lowest BCUT2D eigenvalue weighted by Gasteiger charge is -2.57. The highest BCUT2D eigenvalue weighted by atomic mass is 16.5. The number of fused-ring (bicyclic) bond motifs is 9. The molecule has 1 N–H and O–H groups in total. The van der Waals surface area contributed by atoms with Gasteiger partial charge in [0, 0.05) is 0 Å². The number of carbonyl (C=O) groups excluding carboxylic acids is 1. The fraction of sp³-hybridized carbons (Fsp3) is 0.960. The van der Waals surface area contributed by atoms with Crippen molar-refractivity contribution in [3.05, 3.63) is 0 Å². The first-order valence-electron chi connectivity index (χ1n) is 12.3. The van der Waals surface area contributed by atoms with Crippen molar-refractivity contribution in [2.45, 2.75) is 76.9 Å². The van der Waals surface area contributed by atoms with E-state index >= 15 is 0 Å². The SMILES string of the molecule is CC1C(C)C2CC1C1C3CC(C(=O)OC4C5CC6CC4CC(O)(C6)C5)C(C3)C21. The normalized spacial score (nSPS) is 65.2. The Hall–Kier alpha value is -0.570. The van der Waals surface area contributed by atoms with Crippen LogP contribution < -0.4 is 0 Å². The van der Waals surface area contributed by atoms with Gasteiger partial charge in [-0.25, -0.2) is 0 Å². The quantitative estimate of drug-likeness (QED) is 0.571. The minimum atomic E-state index is -0.436. The van der Waals surface area contributed by atoms with Gasteiger partial charge in [-0.1, -0.05) is 13.8 Å². The predicted octanol–water partition coefficient (Wildman–Crippen LogP) is 4.28. The average molecular weight is 385 g/mol. The van der Waals surface area contributed by atoms with Crippen LogP contribution in [0.25, 0.3) is 0 Å². The standard InChI is InChI=1S/C25H36O3/c1-11-12(2)18-7-17(11)21-14-5-19(22(18)21)20(6-14)24(26)28-23-15-3-13-4-16(23)10-25(27,8-13)9-15/h11-23,27H,3-10H2,1-2H3. The second-order valence-electron chi connectivity index (χ2n) is 12.5. The van der Waals surface area contributed by atoms with Crippen LogP contribution in [0, 0.1) is 71.0 Å². The number of hydrogen-bond acceptors (Lipinski definition) is 3. The molecule has 8 bridgehead atoms. The number of ether oxygens (including phenoxy) is 1. The molecule has 28 heavy (non-hydrogen) atoms. The van der Waals surface area contributed by atoms with Crippen molar-refractivity contribution < 1.29 is 14.6 Å². The second kappa shape index (κ2) is 5.37. The van der Waals surface area contributed by atoms with E-state index in [9.17, 15) is 9.90 Å². The Bertz CT molecular complexity index is 701. The van der Waals surface area contributed by atoms with Crippen LogP contribution in [0.4, 0.5) is 0 Å². The molecule has 0 aromatic rings. The summed E-state index contributed by atoms with van der Waals surface area (Å²) in [5.41, 5.74) is -0.436. The maximum atomic E-state index is 13.4. The van der Waals surface area contributed by atoms with Gasteiger partial charge in [0.15, 0.2) is 0 Å². The van der Waals surface area contributed by atoms with Crippen molar-refractivity contribution in [3.8, 4) is 0 Å². The average Bonchev–Trinajstić information content (AvgIpc) is 3.36. The monoisotopic (exact) mass is 384 g/mol. The molecule has 8 fully saturated rings. The number of rotatable bonds is 2. The van der Waals surface area contributed by atoms with Crippen LogP contribution in [0.5, 0.6) is 0 Å². The third-order valence-electron chi connectivity index (χ3n) is 11.6. The Morgan fingerprint density at radius 1 is 0.821 bits per heavy atom. The van der Waals surface area contributed by atoms with Gasteiger partial charge in [0.25, 0.3) is 0 Å². The molecule has 0 spiro atoms. The van der Waals surface area contributed by atoms with Crippen molar-refractivity contribution in [3.63, 3.8) is 0 Å². The third kappa shape index (κ3) is 2.03. The van der Waals surface area contributed by atoms with E-state index in [1.807, 2.05) is 0 Å². The topological polar surface area (TPSA) is 46.5 Å². The highest BCUT2D eigenvalue weighted by Gasteiger charge is 2.67.